The Morgan fingerprint density at radius 3 is 2.43 bits per heavy atom. The second kappa shape index (κ2) is 11.2. The van der Waals surface area contributed by atoms with Crippen LogP contribution in [0.4, 0.5) is 5.69 Å². The van der Waals surface area contributed by atoms with Crippen molar-refractivity contribution in [3.05, 3.63) is 81.5 Å². The first-order valence-corrected chi connectivity index (χ1v) is 13.7. The van der Waals surface area contributed by atoms with E-state index < -0.39 is 0 Å². The van der Waals surface area contributed by atoms with E-state index in [2.05, 4.69) is 16.8 Å². The molecule has 2 fully saturated rings. The lowest BCUT2D eigenvalue weighted by atomic mass is 9.77. The van der Waals surface area contributed by atoms with Crippen LogP contribution in [0, 0.1) is 11.3 Å². The molecule has 2 heterocycles. The van der Waals surface area contributed by atoms with E-state index in [1.54, 1.807) is 34.4 Å². The van der Waals surface area contributed by atoms with E-state index in [4.69, 9.17) is 15.9 Å². The number of piperidine rings is 1. The number of hydrogen-bond acceptors (Lipinski definition) is 6. The molecule has 7 nitrogen and oxygen atoms in total. The average Bonchev–Trinajstić information content (AvgIpc) is 3.43. The molecule has 1 aliphatic heterocycles. The van der Waals surface area contributed by atoms with Crippen LogP contribution >= 0.6 is 11.3 Å². The third kappa shape index (κ3) is 5.69. The summed E-state index contributed by atoms with van der Waals surface area (Å²) in [7, 11) is 0. The van der Waals surface area contributed by atoms with Gasteiger partial charge in [-0.3, -0.25) is 15.0 Å². The molecule has 1 aliphatic carbocycles. The van der Waals surface area contributed by atoms with E-state index in [0.29, 0.717) is 41.4 Å². The molecule has 5 rings (SSSR count). The van der Waals surface area contributed by atoms with Crippen molar-refractivity contribution in [3.8, 4) is 5.75 Å². The van der Waals surface area contributed by atoms with Gasteiger partial charge in [-0.05, 0) is 83.6 Å². The summed E-state index contributed by atoms with van der Waals surface area (Å²) in [6.45, 7) is 1.41. The van der Waals surface area contributed by atoms with Crippen molar-refractivity contribution in [1.29, 1.82) is 5.41 Å². The Balaban J connectivity index is 1.27. The van der Waals surface area contributed by atoms with Crippen molar-refractivity contribution in [2.24, 2.45) is 5.92 Å². The fraction of sp³-hybridized carbons (Fsp3) is 0.345. The molecule has 1 unspecified atom stereocenters. The molecule has 2 aromatic carbocycles. The molecule has 3 aromatic rings. The number of benzene rings is 2. The van der Waals surface area contributed by atoms with Crippen LogP contribution in [0.3, 0.4) is 0 Å². The molecular weight excluding hydrogens is 484 g/mol. The largest absolute Gasteiger partial charge is 0.490 e. The van der Waals surface area contributed by atoms with Crippen LogP contribution in [-0.4, -0.2) is 42.1 Å². The predicted molar refractivity (Wildman–Crippen MR) is 146 cm³/mol. The van der Waals surface area contributed by atoms with Gasteiger partial charge in [-0.1, -0.05) is 6.42 Å². The van der Waals surface area contributed by atoms with Gasteiger partial charge in [0, 0.05) is 48.3 Å². The lowest BCUT2D eigenvalue weighted by Gasteiger charge is -2.34. The number of amides is 2. The van der Waals surface area contributed by atoms with Crippen molar-refractivity contribution >= 4 is 35.1 Å². The van der Waals surface area contributed by atoms with Gasteiger partial charge in [0.25, 0.3) is 5.91 Å². The molecule has 0 radical (unpaired) electrons. The second-order valence-corrected chi connectivity index (χ2v) is 10.6. The van der Waals surface area contributed by atoms with Gasteiger partial charge >= 0.3 is 0 Å². The number of nitrogens with two attached hydrogens (primary N) is 1. The SMILES string of the molecule is N=C(c1ccc(OC2CCN(C=O)CC2)cc1)c1cc(C(=O)NC(c2ccsc2)C2CCC2)ccc1N. The van der Waals surface area contributed by atoms with Crippen LogP contribution in [0.15, 0.2) is 59.3 Å². The Bertz CT molecular complexity index is 1250. The topological polar surface area (TPSA) is 109 Å². The third-order valence-corrected chi connectivity index (χ3v) is 8.17. The highest BCUT2D eigenvalue weighted by Gasteiger charge is 2.30. The van der Waals surface area contributed by atoms with Crippen molar-refractivity contribution in [2.75, 3.05) is 18.8 Å². The van der Waals surface area contributed by atoms with E-state index in [-0.39, 0.29) is 23.8 Å². The van der Waals surface area contributed by atoms with Crippen LogP contribution < -0.4 is 15.8 Å². The van der Waals surface area contributed by atoms with E-state index in [1.165, 1.54) is 6.42 Å². The number of nitrogens with zero attached hydrogens (tertiary/aromatic N) is 1. The molecule has 0 spiro atoms. The third-order valence-electron chi connectivity index (χ3n) is 7.47. The van der Waals surface area contributed by atoms with E-state index >= 15 is 0 Å². The quantitative estimate of drug-likeness (QED) is 0.211. The lowest BCUT2D eigenvalue weighted by Crippen LogP contribution is -2.37. The number of rotatable bonds is 9. The minimum Gasteiger partial charge on any atom is -0.490 e. The molecule has 192 valence electrons. The van der Waals surface area contributed by atoms with E-state index in [0.717, 1.165) is 43.4 Å². The Kier molecular flexibility index (Phi) is 7.55. The summed E-state index contributed by atoms with van der Waals surface area (Å²) in [5.74, 6) is 1.04. The van der Waals surface area contributed by atoms with Crippen molar-refractivity contribution in [2.45, 2.75) is 44.2 Å². The standard InChI is InChI=1S/C29H32N4O3S/c30-26-9-6-21(29(35)32-28(20-2-1-3-20)22-12-15-37-17-22)16-25(26)27(31)19-4-7-23(8-5-19)36-24-10-13-33(18-34)14-11-24/h4-9,12,15-18,20,24,28,31H,1-3,10-11,13-14,30H2,(H,32,35). The molecule has 37 heavy (non-hydrogen) atoms. The molecule has 1 saturated carbocycles. The summed E-state index contributed by atoms with van der Waals surface area (Å²) in [5.41, 5.74) is 9.82. The van der Waals surface area contributed by atoms with Crippen molar-refractivity contribution < 1.29 is 14.3 Å². The maximum Gasteiger partial charge on any atom is 0.251 e. The number of likely N-dealkylation sites (tertiary alicyclic amines) is 1. The van der Waals surface area contributed by atoms with E-state index in [9.17, 15) is 9.59 Å². The van der Waals surface area contributed by atoms with Crippen LogP contribution in [0.5, 0.6) is 5.75 Å². The molecule has 2 aliphatic rings. The van der Waals surface area contributed by atoms with Gasteiger partial charge in [0.15, 0.2) is 0 Å². The highest BCUT2D eigenvalue weighted by molar-refractivity contribution is 7.08. The lowest BCUT2D eigenvalue weighted by molar-refractivity contribution is -0.119. The van der Waals surface area contributed by atoms with Gasteiger partial charge in [0.2, 0.25) is 6.41 Å². The van der Waals surface area contributed by atoms with Gasteiger partial charge in [-0.15, -0.1) is 0 Å². The minimum absolute atomic E-state index is 0.00572. The first-order valence-electron chi connectivity index (χ1n) is 12.8. The molecule has 1 aromatic heterocycles. The van der Waals surface area contributed by atoms with Crippen LogP contribution in [-0.2, 0) is 4.79 Å². The molecule has 0 bridgehead atoms. The normalized spacial score (nSPS) is 17.0. The number of nitrogens with one attached hydrogen (secondary N) is 2. The minimum atomic E-state index is -0.151. The average molecular weight is 517 g/mol. The van der Waals surface area contributed by atoms with Crippen molar-refractivity contribution in [1.82, 2.24) is 10.2 Å². The number of nitrogen functional groups attached to an aromatic ring is 1. The van der Waals surface area contributed by atoms with E-state index in [1.807, 2.05) is 29.6 Å². The molecule has 1 atom stereocenters. The summed E-state index contributed by atoms with van der Waals surface area (Å²) in [5, 5.41) is 16.2. The highest BCUT2D eigenvalue weighted by Crippen LogP contribution is 2.38. The summed E-state index contributed by atoms with van der Waals surface area (Å²) in [4.78, 5) is 25.9. The van der Waals surface area contributed by atoms with Gasteiger partial charge in [-0.25, -0.2) is 0 Å². The number of carbonyl (C=O) groups is 2. The first-order chi connectivity index (χ1) is 18.0. The Hall–Kier alpha value is -3.65. The summed E-state index contributed by atoms with van der Waals surface area (Å²) in [6.07, 6.45) is 6.01. The number of hydrogen-bond donors (Lipinski definition) is 3. The monoisotopic (exact) mass is 516 g/mol. The number of ether oxygens (including phenoxy) is 1. The zero-order valence-electron chi connectivity index (χ0n) is 20.7. The second-order valence-electron chi connectivity index (χ2n) is 9.86. The van der Waals surface area contributed by atoms with Gasteiger partial charge in [0.05, 0.1) is 11.8 Å². The van der Waals surface area contributed by atoms with Crippen LogP contribution in [0.1, 0.15) is 65.2 Å². The zero-order valence-corrected chi connectivity index (χ0v) is 21.5. The fourth-order valence-electron chi connectivity index (χ4n) is 4.98. The predicted octanol–water partition coefficient (Wildman–Crippen LogP) is 5.02. The summed E-state index contributed by atoms with van der Waals surface area (Å²) >= 11 is 1.64. The van der Waals surface area contributed by atoms with Gasteiger partial charge in [-0.2, -0.15) is 11.3 Å². The molecule has 1 saturated heterocycles. The first kappa shape index (κ1) is 25.0. The van der Waals surface area contributed by atoms with Crippen LogP contribution in [0.2, 0.25) is 0 Å². The Labute approximate surface area is 221 Å². The van der Waals surface area contributed by atoms with Crippen LogP contribution in [0.25, 0.3) is 0 Å². The Morgan fingerprint density at radius 2 is 1.81 bits per heavy atom. The van der Waals surface area contributed by atoms with Crippen molar-refractivity contribution in [3.63, 3.8) is 0 Å². The van der Waals surface area contributed by atoms with Gasteiger partial charge in [0.1, 0.15) is 11.9 Å². The van der Waals surface area contributed by atoms with Gasteiger partial charge < -0.3 is 20.7 Å². The maximum atomic E-state index is 13.2. The Morgan fingerprint density at radius 1 is 1.08 bits per heavy atom. The smallest absolute Gasteiger partial charge is 0.251 e. The maximum absolute atomic E-state index is 13.2. The number of carbonyl (C=O) groups excluding carboxylic acids is 2. The molecule has 8 heteroatoms. The summed E-state index contributed by atoms with van der Waals surface area (Å²) in [6, 6.07) is 14.6. The number of anilines is 1. The highest BCUT2D eigenvalue weighted by atomic mass is 32.1. The zero-order chi connectivity index (χ0) is 25.8. The fourth-order valence-corrected chi connectivity index (χ4v) is 5.68. The summed E-state index contributed by atoms with van der Waals surface area (Å²) < 4.78 is 6.07. The number of thiophene rings is 1. The molecule has 4 N–H and O–H groups in total. The molecule has 2 amide bonds. The molecular formula is C29H32N4O3S.